The smallest absolute Gasteiger partial charge is 0.375 e. The van der Waals surface area contributed by atoms with Gasteiger partial charge in [-0.15, -0.1) is 0 Å². The molecule has 0 radical (unpaired) electrons. The van der Waals surface area contributed by atoms with Gasteiger partial charge in [0.15, 0.2) is 5.78 Å². The van der Waals surface area contributed by atoms with Crippen molar-refractivity contribution in [2.45, 2.75) is 23.0 Å². The van der Waals surface area contributed by atoms with Crippen LogP contribution < -0.4 is 0 Å². The molecule has 0 fully saturated rings. The summed E-state index contributed by atoms with van der Waals surface area (Å²) in [5, 5.41) is 10.6. The Kier molecular flexibility index (Phi) is 7.50. The first kappa shape index (κ1) is 19.4. The van der Waals surface area contributed by atoms with Crippen LogP contribution in [0.4, 0.5) is 5.69 Å². The van der Waals surface area contributed by atoms with E-state index in [2.05, 4.69) is 36.6 Å². The first-order chi connectivity index (χ1) is 10.8. The Morgan fingerprint density at radius 1 is 1.22 bits per heavy atom. The zero-order chi connectivity index (χ0) is 17.6. The minimum absolute atomic E-state index is 0.0559. The third-order valence-electron chi connectivity index (χ3n) is 2.82. The summed E-state index contributed by atoms with van der Waals surface area (Å²) in [6.45, 7) is 1.61. The number of carbonyl (C=O) groups is 3. The quantitative estimate of drug-likeness (QED) is 0.150. The molecule has 1 aromatic rings. The molecule has 124 valence electrons. The Bertz CT molecular complexity index is 616. The van der Waals surface area contributed by atoms with E-state index in [0.29, 0.717) is 5.56 Å². The number of rotatable bonds is 8. The number of hydrogen-bond donors (Lipinski definition) is 0. The standard InChI is InChI=1S/C14H13Br2NO6/c1-2-23-14(20)11(19)7-10(18)13(16)12(15)8-3-5-9(6-4-8)17(21)22/h3-6,12-13H,2,7H2,1H3. The summed E-state index contributed by atoms with van der Waals surface area (Å²) < 4.78 is 4.53. The van der Waals surface area contributed by atoms with E-state index in [0.717, 1.165) is 0 Å². The van der Waals surface area contributed by atoms with Gasteiger partial charge in [-0.25, -0.2) is 4.79 Å². The maximum absolute atomic E-state index is 12.0. The minimum Gasteiger partial charge on any atom is -0.460 e. The lowest BCUT2D eigenvalue weighted by molar-refractivity contribution is -0.384. The number of halogens is 2. The molecule has 0 amide bonds. The highest BCUT2D eigenvalue weighted by molar-refractivity contribution is 9.12. The van der Waals surface area contributed by atoms with Crippen molar-refractivity contribution in [3.63, 3.8) is 0 Å². The predicted octanol–water partition coefficient (Wildman–Crippen LogP) is 2.89. The van der Waals surface area contributed by atoms with E-state index in [1.807, 2.05) is 0 Å². The molecule has 0 spiro atoms. The van der Waals surface area contributed by atoms with Crippen molar-refractivity contribution >= 4 is 55.1 Å². The largest absolute Gasteiger partial charge is 0.460 e. The van der Waals surface area contributed by atoms with Gasteiger partial charge in [-0.05, 0) is 12.5 Å². The molecule has 1 aromatic carbocycles. The molecule has 0 saturated carbocycles. The molecule has 23 heavy (non-hydrogen) atoms. The second kappa shape index (κ2) is 8.88. The molecule has 0 bridgehead atoms. The SMILES string of the molecule is CCOC(=O)C(=O)CC(=O)C(Br)C(Br)c1ccc([N+](=O)[O-])cc1. The fourth-order valence-corrected chi connectivity index (χ4v) is 2.72. The van der Waals surface area contributed by atoms with Gasteiger partial charge in [0.05, 0.1) is 27.6 Å². The number of non-ortho nitro benzene ring substituents is 1. The van der Waals surface area contributed by atoms with E-state index in [1.165, 1.54) is 24.3 Å². The zero-order valence-corrected chi connectivity index (χ0v) is 15.2. The number of nitro groups is 1. The average molecular weight is 451 g/mol. The van der Waals surface area contributed by atoms with Crippen LogP contribution in [0.25, 0.3) is 0 Å². The van der Waals surface area contributed by atoms with Crippen LogP contribution >= 0.6 is 31.9 Å². The van der Waals surface area contributed by atoms with E-state index in [9.17, 15) is 24.5 Å². The molecule has 1 rings (SSSR count). The Labute approximate surface area is 148 Å². The van der Waals surface area contributed by atoms with Gasteiger partial charge < -0.3 is 4.74 Å². The van der Waals surface area contributed by atoms with Crippen molar-refractivity contribution in [1.29, 1.82) is 0 Å². The second-order valence-corrected chi connectivity index (χ2v) is 6.41. The van der Waals surface area contributed by atoms with E-state index >= 15 is 0 Å². The molecule has 0 aliphatic rings. The minimum atomic E-state index is -1.04. The van der Waals surface area contributed by atoms with E-state index < -0.39 is 38.5 Å². The van der Waals surface area contributed by atoms with Crippen LogP contribution in [0.5, 0.6) is 0 Å². The van der Waals surface area contributed by atoms with Crippen LogP contribution in [-0.4, -0.2) is 33.9 Å². The van der Waals surface area contributed by atoms with Gasteiger partial charge in [0.1, 0.15) is 0 Å². The summed E-state index contributed by atoms with van der Waals surface area (Å²) in [6, 6.07) is 5.65. The zero-order valence-electron chi connectivity index (χ0n) is 12.0. The predicted molar refractivity (Wildman–Crippen MR) is 88.7 cm³/mol. The molecule has 7 nitrogen and oxygen atoms in total. The summed E-state index contributed by atoms with van der Waals surface area (Å²) in [5.41, 5.74) is 0.554. The average Bonchev–Trinajstić information content (AvgIpc) is 2.53. The van der Waals surface area contributed by atoms with Crippen molar-refractivity contribution < 1.29 is 24.0 Å². The van der Waals surface area contributed by atoms with Gasteiger partial charge in [0.2, 0.25) is 5.78 Å². The van der Waals surface area contributed by atoms with Gasteiger partial charge in [0, 0.05) is 12.1 Å². The summed E-state index contributed by atoms with van der Waals surface area (Å²) in [5.74, 6) is -2.45. The highest BCUT2D eigenvalue weighted by Crippen LogP contribution is 2.33. The first-order valence-electron chi connectivity index (χ1n) is 6.53. The van der Waals surface area contributed by atoms with Gasteiger partial charge in [-0.1, -0.05) is 44.0 Å². The maximum Gasteiger partial charge on any atom is 0.375 e. The number of nitro benzene ring substituents is 1. The highest BCUT2D eigenvalue weighted by Gasteiger charge is 2.29. The van der Waals surface area contributed by atoms with Crippen LogP contribution in [0.2, 0.25) is 0 Å². The highest BCUT2D eigenvalue weighted by atomic mass is 79.9. The molecule has 9 heteroatoms. The molecular formula is C14H13Br2NO6. The van der Waals surface area contributed by atoms with Crippen molar-refractivity contribution in [3.05, 3.63) is 39.9 Å². The third-order valence-corrected chi connectivity index (χ3v) is 5.63. The molecule has 0 aliphatic carbocycles. The molecule has 0 aromatic heterocycles. The van der Waals surface area contributed by atoms with Crippen molar-refractivity contribution in [1.82, 2.24) is 0 Å². The monoisotopic (exact) mass is 449 g/mol. The molecule has 0 aliphatic heterocycles. The van der Waals surface area contributed by atoms with Crippen LogP contribution in [0.1, 0.15) is 23.7 Å². The topological polar surface area (TPSA) is 104 Å². The van der Waals surface area contributed by atoms with E-state index in [1.54, 1.807) is 6.92 Å². The van der Waals surface area contributed by atoms with Gasteiger partial charge in [-0.3, -0.25) is 19.7 Å². The summed E-state index contributed by atoms with van der Waals surface area (Å²) >= 11 is 6.48. The lowest BCUT2D eigenvalue weighted by Gasteiger charge is -2.15. The third kappa shape index (κ3) is 5.51. The van der Waals surface area contributed by atoms with Crippen LogP contribution in [0.15, 0.2) is 24.3 Å². The molecular weight excluding hydrogens is 438 g/mol. The lowest BCUT2D eigenvalue weighted by Crippen LogP contribution is -2.26. The van der Waals surface area contributed by atoms with Crippen molar-refractivity contribution in [2.24, 2.45) is 0 Å². The summed E-state index contributed by atoms with van der Waals surface area (Å²) in [6.07, 6.45) is -0.580. The number of alkyl halides is 2. The second-order valence-electron chi connectivity index (χ2n) is 4.44. The van der Waals surface area contributed by atoms with Gasteiger partial charge >= 0.3 is 5.97 Å². The molecule has 0 saturated heterocycles. The van der Waals surface area contributed by atoms with Crippen molar-refractivity contribution in [3.8, 4) is 0 Å². The maximum atomic E-state index is 12.0. The number of ether oxygens (including phenoxy) is 1. The fraction of sp³-hybridized carbons (Fsp3) is 0.357. The lowest BCUT2D eigenvalue weighted by atomic mass is 10.0. The van der Waals surface area contributed by atoms with Crippen LogP contribution in [0, 0.1) is 10.1 Å². The number of carbonyl (C=O) groups excluding carboxylic acids is 3. The number of benzene rings is 1. The summed E-state index contributed by atoms with van der Waals surface area (Å²) in [4.78, 5) is 43.6. The first-order valence-corrected chi connectivity index (χ1v) is 8.36. The normalized spacial score (nSPS) is 13.0. The number of Topliss-reactive ketones (excluding diaryl/α,β-unsaturated/α-hetero) is 2. The molecule has 2 unspecified atom stereocenters. The number of esters is 1. The van der Waals surface area contributed by atoms with Crippen LogP contribution in [0.3, 0.4) is 0 Å². The number of ketones is 2. The van der Waals surface area contributed by atoms with E-state index in [4.69, 9.17) is 0 Å². The summed E-state index contributed by atoms with van der Waals surface area (Å²) in [7, 11) is 0. The molecule has 2 atom stereocenters. The van der Waals surface area contributed by atoms with Gasteiger partial charge in [-0.2, -0.15) is 0 Å². The number of nitrogens with zero attached hydrogens (tertiary/aromatic N) is 1. The molecule has 0 N–H and O–H groups in total. The Morgan fingerprint density at radius 2 is 1.78 bits per heavy atom. The van der Waals surface area contributed by atoms with Crippen LogP contribution in [-0.2, 0) is 19.1 Å². The van der Waals surface area contributed by atoms with Gasteiger partial charge in [0.25, 0.3) is 5.69 Å². The fourth-order valence-electron chi connectivity index (χ4n) is 1.65. The Hall–Kier alpha value is -1.61. The molecule has 0 heterocycles. The Morgan fingerprint density at radius 3 is 2.26 bits per heavy atom. The Balaban J connectivity index is 2.73. The van der Waals surface area contributed by atoms with E-state index in [-0.39, 0.29) is 12.3 Å². The van der Waals surface area contributed by atoms with Crippen molar-refractivity contribution in [2.75, 3.05) is 6.61 Å². The number of hydrogen-bond acceptors (Lipinski definition) is 6.